The highest BCUT2D eigenvalue weighted by molar-refractivity contribution is 7.98. The van der Waals surface area contributed by atoms with Crippen LogP contribution in [0.5, 0.6) is 11.5 Å². The van der Waals surface area contributed by atoms with Gasteiger partial charge in [0.15, 0.2) is 16.7 Å². The smallest absolute Gasteiger partial charge is 0.234 e. The topological polar surface area (TPSA) is 81.5 Å². The van der Waals surface area contributed by atoms with Gasteiger partial charge >= 0.3 is 0 Å². The van der Waals surface area contributed by atoms with Crippen LogP contribution in [-0.2, 0) is 18.4 Å². The molecule has 8 nitrogen and oxygen atoms in total. The summed E-state index contributed by atoms with van der Waals surface area (Å²) in [7, 11) is 2.01. The van der Waals surface area contributed by atoms with Gasteiger partial charge in [-0.15, -0.1) is 10.2 Å². The number of aromatic nitrogens is 3. The lowest BCUT2D eigenvalue weighted by molar-refractivity contribution is -0.122. The Kier molecular flexibility index (Phi) is 5.72. The van der Waals surface area contributed by atoms with Crippen molar-refractivity contribution >= 4 is 17.7 Å². The second-order valence-electron chi connectivity index (χ2n) is 7.14. The monoisotopic (exact) mass is 403 g/mol. The number of fused-ring (bicyclic) bond motifs is 1. The Morgan fingerprint density at radius 2 is 2.18 bits per heavy atom. The van der Waals surface area contributed by atoms with Gasteiger partial charge in [-0.2, -0.15) is 0 Å². The maximum atomic E-state index is 12.4. The van der Waals surface area contributed by atoms with E-state index in [-0.39, 0.29) is 12.7 Å². The largest absolute Gasteiger partial charge is 0.454 e. The van der Waals surface area contributed by atoms with E-state index in [0.29, 0.717) is 19.0 Å². The van der Waals surface area contributed by atoms with Crippen molar-refractivity contribution in [3.63, 3.8) is 0 Å². The minimum absolute atomic E-state index is 0.0288. The van der Waals surface area contributed by atoms with Crippen LogP contribution in [0.3, 0.4) is 0 Å². The van der Waals surface area contributed by atoms with Crippen LogP contribution in [0.2, 0.25) is 0 Å². The van der Waals surface area contributed by atoms with Crippen LogP contribution in [0.25, 0.3) is 0 Å². The summed E-state index contributed by atoms with van der Waals surface area (Å²) in [6.45, 7) is 2.89. The predicted octanol–water partition coefficient (Wildman–Crippen LogP) is 1.76. The number of benzene rings is 1. The van der Waals surface area contributed by atoms with Crippen molar-refractivity contribution < 1.29 is 14.3 Å². The summed E-state index contributed by atoms with van der Waals surface area (Å²) >= 11 is 1.60. The van der Waals surface area contributed by atoms with E-state index in [2.05, 4.69) is 25.0 Å². The molecule has 0 radical (unpaired) electrons. The van der Waals surface area contributed by atoms with Crippen molar-refractivity contribution in [2.45, 2.75) is 30.5 Å². The highest BCUT2D eigenvalue weighted by atomic mass is 32.2. The quantitative estimate of drug-likeness (QED) is 0.736. The molecule has 4 rings (SSSR count). The lowest BCUT2D eigenvalue weighted by atomic mass is 9.97. The van der Waals surface area contributed by atoms with Gasteiger partial charge in [-0.3, -0.25) is 9.69 Å². The summed E-state index contributed by atoms with van der Waals surface area (Å²) in [5, 5.41) is 12.5. The Balaban J connectivity index is 1.29. The lowest BCUT2D eigenvalue weighted by Gasteiger charge is -2.31. The van der Waals surface area contributed by atoms with Crippen molar-refractivity contribution in [1.82, 2.24) is 25.0 Å². The zero-order valence-corrected chi connectivity index (χ0v) is 17.0. The number of carbonyl (C=O) groups excluding carboxylic acids is 1. The van der Waals surface area contributed by atoms with Crippen LogP contribution in [0.15, 0.2) is 23.4 Å². The van der Waals surface area contributed by atoms with Crippen LogP contribution < -0.4 is 14.8 Å². The number of hydrogen-bond donors (Lipinski definition) is 1. The molecule has 2 aliphatic heterocycles. The van der Waals surface area contributed by atoms with E-state index >= 15 is 0 Å². The van der Waals surface area contributed by atoms with Gasteiger partial charge in [0, 0.05) is 26.1 Å². The summed E-state index contributed by atoms with van der Waals surface area (Å²) in [6.07, 6.45) is 4.14. The summed E-state index contributed by atoms with van der Waals surface area (Å²) in [4.78, 5) is 14.6. The molecule has 2 aliphatic rings. The molecule has 2 aromatic rings. The number of thioether (sulfide) groups is 1. The molecule has 1 fully saturated rings. The van der Waals surface area contributed by atoms with Crippen LogP contribution >= 0.6 is 11.8 Å². The van der Waals surface area contributed by atoms with E-state index in [0.717, 1.165) is 54.0 Å². The van der Waals surface area contributed by atoms with Crippen LogP contribution in [0.4, 0.5) is 0 Å². The fourth-order valence-electron chi connectivity index (χ4n) is 3.78. The van der Waals surface area contributed by atoms with Crippen molar-refractivity contribution in [3.8, 4) is 11.5 Å². The molecule has 0 unspecified atom stereocenters. The van der Waals surface area contributed by atoms with Crippen molar-refractivity contribution in [3.05, 3.63) is 29.6 Å². The Hall–Kier alpha value is -2.26. The number of hydrogen-bond acceptors (Lipinski definition) is 7. The summed E-state index contributed by atoms with van der Waals surface area (Å²) in [6, 6.07) is 5.74. The first-order valence-corrected chi connectivity index (χ1v) is 10.7. The molecule has 150 valence electrons. The third kappa shape index (κ3) is 4.10. The SMILES string of the molecule is CSc1nnc([C@H]2CCCN(CC(=O)NCc3ccc4c(c3)OCO4)C2)n1C. The maximum absolute atomic E-state index is 12.4. The van der Waals surface area contributed by atoms with Gasteiger partial charge in [-0.25, -0.2) is 0 Å². The molecule has 1 amide bonds. The van der Waals surface area contributed by atoms with E-state index in [1.54, 1.807) is 11.8 Å². The second kappa shape index (κ2) is 8.40. The third-order valence-corrected chi connectivity index (χ3v) is 5.94. The molecule has 0 aliphatic carbocycles. The first kappa shape index (κ1) is 19.1. The normalized spacial score (nSPS) is 19.0. The molecule has 0 spiro atoms. The number of piperidine rings is 1. The first-order valence-electron chi connectivity index (χ1n) is 9.45. The molecule has 0 saturated carbocycles. The Bertz CT molecular complexity index is 856. The Labute approximate surface area is 168 Å². The minimum atomic E-state index is 0.0288. The molecule has 1 N–H and O–H groups in total. The first-order chi connectivity index (χ1) is 13.6. The van der Waals surface area contributed by atoms with Crippen LogP contribution in [0.1, 0.15) is 30.1 Å². The number of nitrogens with zero attached hydrogens (tertiary/aromatic N) is 4. The highest BCUT2D eigenvalue weighted by Gasteiger charge is 2.26. The molecule has 1 atom stereocenters. The molecular formula is C19H25N5O3S. The number of nitrogens with one attached hydrogen (secondary N) is 1. The molecule has 3 heterocycles. The van der Waals surface area contributed by atoms with Gasteiger partial charge in [0.05, 0.1) is 6.54 Å². The molecule has 0 bridgehead atoms. The van der Waals surface area contributed by atoms with E-state index in [9.17, 15) is 4.79 Å². The van der Waals surface area contributed by atoms with E-state index in [1.165, 1.54) is 0 Å². The average molecular weight is 404 g/mol. The van der Waals surface area contributed by atoms with Crippen LogP contribution in [0, 0.1) is 0 Å². The second-order valence-corrected chi connectivity index (χ2v) is 7.92. The molecule has 1 saturated heterocycles. The highest BCUT2D eigenvalue weighted by Crippen LogP contribution is 2.32. The number of rotatable bonds is 6. The van der Waals surface area contributed by atoms with E-state index in [4.69, 9.17) is 9.47 Å². The standard InChI is InChI=1S/C19H25N5O3S/c1-23-18(21-22-19(23)28-2)14-4-3-7-24(10-14)11-17(25)20-9-13-5-6-15-16(8-13)27-12-26-15/h5-6,8,14H,3-4,7,9-12H2,1-2H3,(H,20,25)/t14-/m0/s1. The number of likely N-dealkylation sites (tertiary alicyclic amines) is 1. The maximum Gasteiger partial charge on any atom is 0.234 e. The molecular weight excluding hydrogens is 378 g/mol. The Morgan fingerprint density at radius 3 is 3.00 bits per heavy atom. The minimum Gasteiger partial charge on any atom is -0.454 e. The van der Waals surface area contributed by atoms with Crippen molar-refractivity contribution in [2.24, 2.45) is 7.05 Å². The molecule has 1 aromatic heterocycles. The summed E-state index contributed by atoms with van der Waals surface area (Å²) < 4.78 is 12.8. The fraction of sp³-hybridized carbons (Fsp3) is 0.526. The summed E-state index contributed by atoms with van der Waals surface area (Å²) in [5.41, 5.74) is 0.998. The van der Waals surface area contributed by atoms with E-state index < -0.39 is 0 Å². The van der Waals surface area contributed by atoms with E-state index in [1.807, 2.05) is 31.5 Å². The molecule has 28 heavy (non-hydrogen) atoms. The number of carbonyl (C=O) groups is 1. The average Bonchev–Trinajstić information content (AvgIpc) is 3.32. The molecule has 1 aromatic carbocycles. The van der Waals surface area contributed by atoms with Crippen molar-refractivity contribution in [2.75, 3.05) is 32.7 Å². The van der Waals surface area contributed by atoms with Gasteiger partial charge in [-0.05, 0) is 43.3 Å². The zero-order chi connectivity index (χ0) is 19.5. The number of amides is 1. The Morgan fingerprint density at radius 1 is 1.32 bits per heavy atom. The molecule has 9 heteroatoms. The fourth-order valence-corrected chi connectivity index (χ4v) is 4.27. The van der Waals surface area contributed by atoms with Gasteiger partial charge in [0.1, 0.15) is 5.82 Å². The van der Waals surface area contributed by atoms with Gasteiger partial charge in [0.25, 0.3) is 0 Å². The third-order valence-electron chi connectivity index (χ3n) is 5.22. The number of ether oxygens (including phenoxy) is 2. The van der Waals surface area contributed by atoms with Gasteiger partial charge < -0.3 is 19.4 Å². The van der Waals surface area contributed by atoms with Gasteiger partial charge in [-0.1, -0.05) is 17.8 Å². The zero-order valence-electron chi connectivity index (χ0n) is 16.2. The van der Waals surface area contributed by atoms with Crippen molar-refractivity contribution in [1.29, 1.82) is 0 Å². The van der Waals surface area contributed by atoms with Crippen LogP contribution in [-0.4, -0.2) is 58.3 Å². The van der Waals surface area contributed by atoms with Gasteiger partial charge in [0.2, 0.25) is 12.7 Å². The lowest BCUT2D eigenvalue weighted by Crippen LogP contribution is -2.42. The predicted molar refractivity (Wildman–Crippen MR) is 106 cm³/mol. The summed E-state index contributed by atoms with van der Waals surface area (Å²) in [5.74, 6) is 2.84.